The second-order valence-corrected chi connectivity index (χ2v) is 6.20. The first-order valence-electron chi connectivity index (χ1n) is 8.74. The molecule has 0 atom stereocenters. The summed E-state index contributed by atoms with van der Waals surface area (Å²) >= 11 is 0. The number of nitriles is 1. The first-order valence-corrected chi connectivity index (χ1v) is 8.74. The van der Waals surface area contributed by atoms with Gasteiger partial charge in [0.1, 0.15) is 17.4 Å². The highest BCUT2D eigenvalue weighted by atomic mass is 16.3. The second-order valence-electron chi connectivity index (χ2n) is 6.20. The highest BCUT2D eigenvalue weighted by molar-refractivity contribution is 6.11. The first-order chi connectivity index (χ1) is 14.0. The summed E-state index contributed by atoms with van der Waals surface area (Å²) in [7, 11) is 0. The van der Waals surface area contributed by atoms with Crippen LogP contribution in [-0.2, 0) is 9.59 Å². The number of rotatable bonds is 5. The summed E-state index contributed by atoms with van der Waals surface area (Å²) in [6.45, 7) is 1.42. The third-order valence-corrected chi connectivity index (χ3v) is 4.10. The van der Waals surface area contributed by atoms with E-state index in [0.717, 1.165) is 0 Å². The third kappa shape index (κ3) is 4.70. The monoisotopic (exact) mass is 386 g/mol. The number of carbonyl (C=O) groups excluding carboxylic acids is 2. The van der Waals surface area contributed by atoms with Gasteiger partial charge in [0.15, 0.2) is 0 Å². The summed E-state index contributed by atoms with van der Waals surface area (Å²) < 4.78 is 0. The van der Waals surface area contributed by atoms with Gasteiger partial charge in [0.2, 0.25) is 5.91 Å². The van der Waals surface area contributed by atoms with Gasteiger partial charge in [0, 0.05) is 41.0 Å². The van der Waals surface area contributed by atoms with Crippen LogP contribution in [0.25, 0.3) is 10.8 Å². The number of nitrogens with zero attached hydrogens (tertiary/aromatic N) is 1. The smallest absolute Gasteiger partial charge is 0.267 e. The molecule has 3 aromatic carbocycles. The minimum atomic E-state index is -0.578. The normalized spacial score (nSPS) is 10.8. The number of anilines is 3. The van der Waals surface area contributed by atoms with Crippen molar-refractivity contribution in [3.8, 4) is 11.8 Å². The molecule has 7 nitrogen and oxygen atoms in total. The molecule has 29 heavy (non-hydrogen) atoms. The van der Waals surface area contributed by atoms with Crippen molar-refractivity contribution in [2.24, 2.45) is 0 Å². The number of benzene rings is 3. The lowest BCUT2D eigenvalue weighted by Gasteiger charge is -2.09. The fraction of sp³-hybridized carbons (Fsp3) is 0.0455. The average Bonchev–Trinajstić information content (AvgIpc) is 2.70. The lowest BCUT2D eigenvalue weighted by Crippen LogP contribution is -2.14. The first kappa shape index (κ1) is 19.5. The molecule has 0 spiro atoms. The van der Waals surface area contributed by atoms with Gasteiger partial charge in [-0.15, -0.1) is 0 Å². The molecule has 0 aromatic heterocycles. The van der Waals surface area contributed by atoms with Crippen LogP contribution in [-0.4, -0.2) is 16.9 Å². The van der Waals surface area contributed by atoms with E-state index in [4.69, 9.17) is 0 Å². The van der Waals surface area contributed by atoms with Crippen molar-refractivity contribution in [1.82, 2.24) is 0 Å². The van der Waals surface area contributed by atoms with Gasteiger partial charge < -0.3 is 21.1 Å². The van der Waals surface area contributed by atoms with Crippen LogP contribution in [0.2, 0.25) is 0 Å². The minimum absolute atomic E-state index is 0.110. The number of carbonyl (C=O) groups is 2. The van der Waals surface area contributed by atoms with Gasteiger partial charge in [-0.3, -0.25) is 9.59 Å². The van der Waals surface area contributed by atoms with Gasteiger partial charge in [-0.2, -0.15) is 5.26 Å². The Hall–Kier alpha value is -4.31. The standard InChI is InChI=1S/C22H18N4O3/c1-14(27)25-17-10-8-16(9-11-17)24-13-15(12-23)22(29)26-20-6-2-5-19-18(20)4-3-7-21(19)28/h2-11,13,24,28H,1H3,(H,25,27)(H,26,29)/b15-13-. The van der Waals surface area contributed by atoms with Crippen LogP contribution in [0.3, 0.4) is 0 Å². The summed E-state index contributed by atoms with van der Waals surface area (Å²) in [6.07, 6.45) is 1.31. The van der Waals surface area contributed by atoms with Crippen molar-refractivity contribution in [2.75, 3.05) is 16.0 Å². The fourth-order valence-corrected chi connectivity index (χ4v) is 2.75. The lowest BCUT2D eigenvalue weighted by atomic mass is 10.1. The largest absolute Gasteiger partial charge is 0.507 e. The number of hydrogen-bond acceptors (Lipinski definition) is 5. The predicted octanol–water partition coefficient (Wildman–Crippen LogP) is 3.96. The molecule has 0 heterocycles. The maximum Gasteiger partial charge on any atom is 0.267 e. The molecule has 7 heteroatoms. The minimum Gasteiger partial charge on any atom is -0.507 e. The number of aromatic hydroxyl groups is 1. The summed E-state index contributed by atoms with van der Waals surface area (Å²) in [5, 5.41) is 28.8. The Morgan fingerprint density at radius 1 is 0.931 bits per heavy atom. The Morgan fingerprint density at radius 2 is 1.59 bits per heavy atom. The van der Waals surface area contributed by atoms with Crippen molar-refractivity contribution in [1.29, 1.82) is 5.26 Å². The van der Waals surface area contributed by atoms with Gasteiger partial charge in [-0.25, -0.2) is 0 Å². The molecule has 0 bridgehead atoms. The summed E-state index contributed by atoms with van der Waals surface area (Å²) in [6, 6.07) is 18.9. The zero-order valence-corrected chi connectivity index (χ0v) is 15.6. The molecule has 0 unspecified atom stereocenters. The van der Waals surface area contributed by atoms with E-state index in [-0.39, 0.29) is 17.2 Å². The maximum absolute atomic E-state index is 12.5. The molecule has 4 N–H and O–H groups in total. The van der Waals surface area contributed by atoms with Crippen LogP contribution in [0, 0.1) is 11.3 Å². The van der Waals surface area contributed by atoms with Crippen LogP contribution in [0.4, 0.5) is 17.1 Å². The van der Waals surface area contributed by atoms with Gasteiger partial charge in [0.25, 0.3) is 5.91 Å². The Bertz CT molecular complexity index is 1140. The summed E-state index contributed by atoms with van der Waals surface area (Å²) in [5.41, 5.74) is 1.66. The Morgan fingerprint density at radius 3 is 2.28 bits per heavy atom. The Balaban J connectivity index is 1.75. The molecule has 0 aliphatic heterocycles. The molecule has 3 aromatic rings. The summed E-state index contributed by atoms with van der Waals surface area (Å²) in [4.78, 5) is 23.6. The number of amides is 2. The van der Waals surface area contributed by atoms with Crippen molar-refractivity contribution in [3.05, 3.63) is 72.4 Å². The molecule has 3 rings (SSSR count). The molecule has 0 radical (unpaired) electrons. The molecular weight excluding hydrogens is 368 g/mol. The van der Waals surface area contributed by atoms with E-state index >= 15 is 0 Å². The van der Waals surface area contributed by atoms with Gasteiger partial charge in [-0.1, -0.05) is 24.3 Å². The topological polar surface area (TPSA) is 114 Å². The van der Waals surface area contributed by atoms with E-state index in [0.29, 0.717) is 27.8 Å². The Labute approximate surface area is 167 Å². The van der Waals surface area contributed by atoms with Crippen molar-refractivity contribution < 1.29 is 14.7 Å². The van der Waals surface area contributed by atoms with E-state index in [2.05, 4.69) is 16.0 Å². The van der Waals surface area contributed by atoms with Crippen molar-refractivity contribution >= 4 is 39.6 Å². The van der Waals surface area contributed by atoms with Crippen LogP contribution < -0.4 is 16.0 Å². The highest BCUT2D eigenvalue weighted by Crippen LogP contribution is 2.30. The highest BCUT2D eigenvalue weighted by Gasteiger charge is 2.12. The van der Waals surface area contributed by atoms with E-state index in [1.807, 2.05) is 6.07 Å². The summed E-state index contributed by atoms with van der Waals surface area (Å²) in [5.74, 6) is -0.638. The fourth-order valence-electron chi connectivity index (χ4n) is 2.75. The van der Waals surface area contributed by atoms with Gasteiger partial charge >= 0.3 is 0 Å². The zero-order chi connectivity index (χ0) is 20.8. The molecule has 0 aliphatic carbocycles. The quantitative estimate of drug-likeness (QED) is 0.391. The van der Waals surface area contributed by atoms with E-state index in [1.165, 1.54) is 13.1 Å². The average molecular weight is 386 g/mol. The zero-order valence-electron chi connectivity index (χ0n) is 15.6. The molecule has 144 valence electrons. The predicted molar refractivity (Wildman–Crippen MR) is 112 cm³/mol. The van der Waals surface area contributed by atoms with Crippen molar-refractivity contribution in [2.45, 2.75) is 6.92 Å². The van der Waals surface area contributed by atoms with E-state index in [9.17, 15) is 20.0 Å². The van der Waals surface area contributed by atoms with Crippen LogP contribution >= 0.6 is 0 Å². The number of phenolic OH excluding ortho intramolecular Hbond substituents is 1. The van der Waals surface area contributed by atoms with Crippen LogP contribution in [0.1, 0.15) is 6.92 Å². The lowest BCUT2D eigenvalue weighted by molar-refractivity contribution is -0.114. The second kappa shape index (κ2) is 8.59. The van der Waals surface area contributed by atoms with Gasteiger partial charge in [0.05, 0.1) is 0 Å². The number of nitrogens with one attached hydrogen (secondary N) is 3. The SMILES string of the molecule is CC(=O)Nc1ccc(N/C=C(/C#N)C(=O)Nc2cccc3c(O)cccc23)cc1. The van der Waals surface area contributed by atoms with E-state index < -0.39 is 5.91 Å². The molecule has 0 fully saturated rings. The number of phenols is 1. The molecule has 2 amide bonds. The maximum atomic E-state index is 12.5. The number of fused-ring (bicyclic) bond motifs is 1. The van der Waals surface area contributed by atoms with Crippen LogP contribution in [0.15, 0.2) is 72.4 Å². The third-order valence-electron chi connectivity index (χ3n) is 4.10. The number of hydrogen-bond donors (Lipinski definition) is 4. The van der Waals surface area contributed by atoms with Gasteiger partial charge in [-0.05, 0) is 36.4 Å². The molecule has 0 aliphatic rings. The molecule has 0 saturated heterocycles. The molecule has 0 saturated carbocycles. The van der Waals surface area contributed by atoms with E-state index in [1.54, 1.807) is 60.7 Å². The molecular formula is C22H18N4O3. The Kier molecular flexibility index (Phi) is 5.76. The van der Waals surface area contributed by atoms with Crippen molar-refractivity contribution in [3.63, 3.8) is 0 Å². The van der Waals surface area contributed by atoms with Crippen LogP contribution in [0.5, 0.6) is 5.75 Å².